The maximum atomic E-state index is 8.95. The molecule has 134 valence electrons. The molecule has 0 saturated carbocycles. The molecule has 2 aliphatic heterocycles. The average Bonchev–Trinajstić information content (AvgIpc) is 2.56. The first-order valence-electron chi connectivity index (χ1n) is 8.40. The zero-order valence-corrected chi connectivity index (χ0v) is 17.6. The number of nitrogens with zero attached hydrogens (tertiary/aromatic N) is 1. The lowest BCUT2D eigenvalue weighted by Gasteiger charge is -2.28. The Balaban J connectivity index is 0.00000113. The normalized spacial score (nSPS) is 15.3. The maximum Gasteiger partial charge on any atom is 0.108 e. The Kier molecular flexibility index (Phi) is 6.49. The second-order valence-electron chi connectivity index (χ2n) is 6.81. The number of unbranched alkanes of at least 4 members (excludes halogenated alkanes) is 2. The van der Waals surface area contributed by atoms with Crippen molar-refractivity contribution in [3.05, 3.63) is 45.1 Å². The van der Waals surface area contributed by atoms with E-state index in [1.807, 2.05) is 0 Å². The van der Waals surface area contributed by atoms with Crippen LogP contribution in [0.25, 0.3) is 35.6 Å². The minimum absolute atomic E-state index is 0. The molecule has 0 atom stereocenters. The summed E-state index contributed by atoms with van der Waals surface area (Å²) >= 11 is 0. The van der Waals surface area contributed by atoms with Crippen LogP contribution in [0, 0.1) is 0 Å². The Morgan fingerprint density at radius 3 is 1.92 bits per heavy atom. The molecule has 0 radical (unpaired) electrons. The number of rotatable bonds is 5. The fraction of sp³-hybridized carbons (Fsp3) is 0.300. The number of aliphatic hydroxyl groups excluding tert-OH is 1. The molecule has 0 unspecified atom stereocenters. The Hall–Kier alpha value is -1.14. The lowest BCUT2D eigenvalue weighted by atomic mass is 9.99. The van der Waals surface area contributed by atoms with E-state index in [-0.39, 0.29) is 34.0 Å². The predicted molar refractivity (Wildman–Crippen MR) is 106 cm³/mol. The highest BCUT2D eigenvalue weighted by molar-refractivity contribution is 8.93. The monoisotopic (exact) mass is 466 g/mol. The van der Waals surface area contributed by atoms with Gasteiger partial charge in [-0.2, -0.15) is 0 Å². The van der Waals surface area contributed by atoms with Gasteiger partial charge in [0.15, 0.2) is 0 Å². The van der Waals surface area contributed by atoms with Crippen LogP contribution >= 0.6 is 17.0 Å². The predicted octanol–water partition coefficient (Wildman–Crippen LogP) is -2.40. The lowest BCUT2D eigenvalue weighted by molar-refractivity contribution is -0.748. The van der Waals surface area contributed by atoms with E-state index in [9.17, 15) is 0 Å². The van der Waals surface area contributed by atoms with Gasteiger partial charge in [-0.1, -0.05) is 12.1 Å². The number of quaternary nitrogens is 1. The van der Waals surface area contributed by atoms with E-state index < -0.39 is 0 Å². The molecule has 0 saturated heterocycles. The van der Waals surface area contributed by atoms with Crippen molar-refractivity contribution in [2.75, 3.05) is 20.2 Å². The minimum atomic E-state index is 0. The van der Waals surface area contributed by atoms with Crippen LogP contribution in [0.3, 0.4) is 0 Å². The third-order valence-electron chi connectivity index (χ3n) is 4.93. The summed E-state index contributed by atoms with van der Waals surface area (Å²) in [7, 11) is 2.27. The summed E-state index contributed by atoms with van der Waals surface area (Å²) in [5.74, 6) is 0. The van der Waals surface area contributed by atoms with Gasteiger partial charge < -0.3 is 27.4 Å². The largest absolute Gasteiger partial charge is 1.00 e. The second-order valence-corrected chi connectivity index (χ2v) is 6.81. The maximum absolute atomic E-state index is 8.95. The average molecular weight is 468 g/mol. The summed E-state index contributed by atoms with van der Waals surface area (Å²) in [6.07, 6.45) is 12.0. The van der Waals surface area contributed by atoms with Gasteiger partial charge in [0.25, 0.3) is 0 Å². The highest BCUT2D eigenvalue weighted by Gasteiger charge is 2.20. The van der Waals surface area contributed by atoms with Crippen LogP contribution in [-0.4, -0.2) is 29.8 Å². The molecule has 0 amide bonds. The SMILES string of the molecule is Br.C[N+]1(CCCCCO)C=c2ccc3c4c(ccc(c24)=C1)=CNC=3.[Br-]. The highest BCUT2D eigenvalue weighted by Crippen LogP contribution is 2.13. The zero-order valence-electron chi connectivity index (χ0n) is 14.3. The quantitative estimate of drug-likeness (QED) is 0.379. The Morgan fingerprint density at radius 1 is 0.840 bits per heavy atom. The van der Waals surface area contributed by atoms with Crippen LogP contribution in [0.2, 0.25) is 0 Å². The van der Waals surface area contributed by atoms with E-state index in [1.54, 1.807) is 0 Å². The highest BCUT2D eigenvalue weighted by atomic mass is 79.9. The molecule has 5 heteroatoms. The van der Waals surface area contributed by atoms with Gasteiger partial charge in [-0.3, -0.25) is 4.48 Å². The van der Waals surface area contributed by atoms with Crippen LogP contribution in [0.15, 0.2) is 24.3 Å². The third kappa shape index (κ3) is 3.70. The molecule has 2 heterocycles. The van der Waals surface area contributed by atoms with Crippen molar-refractivity contribution >= 4 is 52.6 Å². The summed E-state index contributed by atoms with van der Waals surface area (Å²) < 4.78 is 0.831. The molecule has 4 rings (SSSR count). The van der Waals surface area contributed by atoms with E-state index in [1.165, 1.54) is 31.6 Å². The van der Waals surface area contributed by atoms with Crippen molar-refractivity contribution in [3.63, 3.8) is 0 Å². The van der Waals surface area contributed by atoms with Gasteiger partial charge in [0.2, 0.25) is 0 Å². The summed E-state index contributed by atoms with van der Waals surface area (Å²) in [4.78, 5) is 0. The third-order valence-corrected chi connectivity index (χ3v) is 4.93. The van der Waals surface area contributed by atoms with Crippen LogP contribution < -0.4 is 43.2 Å². The van der Waals surface area contributed by atoms with E-state index in [0.717, 1.165) is 30.3 Å². The Morgan fingerprint density at radius 2 is 1.36 bits per heavy atom. The van der Waals surface area contributed by atoms with Gasteiger partial charge in [0.05, 0.1) is 13.6 Å². The molecule has 0 bridgehead atoms. The second kappa shape index (κ2) is 8.04. The molecule has 25 heavy (non-hydrogen) atoms. The molecular formula is C20H24Br2N2O. The first kappa shape index (κ1) is 20.2. The Labute approximate surface area is 168 Å². The summed E-state index contributed by atoms with van der Waals surface area (Å²) in [5.41, 5.74) is 0. The number of benzene rings is 2. The van der Waals surface area contributed by atoms with Crippen molar-refractivity contribution in [1.29, 1.82) is 0 Å². The van der Waals surface area contributed by atoms with Gasteiger partial charge in [-0.25, -0.2) is 0 Å². The molecule has 2 N–H and O–H groups in total. The number of hydrogen-bond acceptors (Lipinski definition) is 2. The van der Waals surface area contributed by atoms with E-state index in [0.29, 0.717) is 6.61 Å². The molecule has 0 aliphatic carbocycles. The van der Waals surface area contributed by atoms with Crippen LogP contribution in [0.5, 0.6) is 0 Å². The molecule has 0 aromatic heterocycles. The van der Waals surface area contributed by atoms with Crippen molar-refractivity contribution in [3.8, 4) is 0 Å². The first-order valence-corrected chi connectivity index (χ1v) is 8.40. The van der Waals surface area contributed by atoms with Gasteiger partial charge in [-0.15, -0.1) is 17.0 Å². The van der Waals surface area contributed by atoms with E-state index in [2.05, 4.69) is 61.4 Å². The molecular weight excluding hydrogens is 444 g/mol. The van der Waals surface area contributed by atoms with Gasteiger partial charge >= 0.3 is 0 Å². The van der Waals surface area contributed by atoms with Crippen LogP contribution in [0.1, 0.15) is 19.3 Å². The number of aliphatic hydroxyl groups is 1. The smallest absolute Gasteiger partial charge is 0.108 e. The fourth-order valence-corrected chi connectivity index (χ4v) is 3.82. The zero-order chi connectivity index (χ0) is 15.9. The van der Waals surface area contributed by atoms with Crippen molar-refractivity contribution in [1.82, 2.24) is 5.32 Å². The van der Waals surface area contributed by atoms with E-state index in [4.69, 9.17) is 5.11 Å². The summed E-state index contributed by atoms with van der Waals surface area (Å²) in [5, 5.41) is 20.1. The van der Waals surface area contributed by atoms with Gasteiger partial charge in [-0.05, 0) is 41.8 Å². The number of hydrogen-bond donors (Lipinski definition) is 2. The van der Waals surface area contributed by atoms with Gasteiger partial charge in [0, 0.05) is 40.2 Å². The molecule has 2 aromatic rings. The Bertz CT molecular complexity index is 946. The first-order chi connectivity index (χ1) is 11.2. The van der Waals surface area contributed by atoms with Crippen molar-refractivity contribution in [2.45, 2.75) is 19.3 Å². The minimum Gasteiger partial charge on any atom is -1.00 e. The van der Waals surface area contributed by atoms with E-state index >= 15 is 0 Å². The number of nitrogens with one attached hydrogen (secondary N) is 1. The van der Waals surface area contributed by atoms with Crippen molar-refractivity contribution in [2.24, 2.45) is 0 Å². The van der Waals surface area contributed by atoms with Crippen LogP contribution in [-0.2, 0) is 0 Å². The van der Waals surface area contributed by atoms with Gasteiger partial charge in [0.1, 0.15) is 12.4 Å². The summed E-state index contributed by atoms with van der Waals surface area (Å²) in [6.45, 7) is 1.37. The molecule has 3 nitrogen and oxygen atoms in total. The standard InChI is InChI=1S/C20H23N2O.2BrH/c1-22(9-3-2-4-10-23)13-17-7-5-15-11-21-12-16-6-8-18(14-22)20(17)19(15)16;;/h5-8,11-14,21,23H,2-4,9-10H2,1H3;2*1H/q+1;;/p-1. The van der Waals surface area contributed by atoms with Crippen LogP contribution in [0.4, 0.5) is 0 Å². The number of halogens is 2. The molecule has 2 aromatic carbocycles. The fourth-order valence-electron chi connectivity index (χ4n) is 3.82. The lowest BCUT2D eigenvalue weighted by Crippen LogP contribution is -3.00. The summed E-state index contributed by atoms with van der Waals surface area (Å²) in [6, 6.07) is 8.91. The molecule has 0 spiro atoms. The van der Waals surface area contributed by atoms with Crippen molar-refractivity contribution < 1.29 is 26.6 Å². The molecule has 0 fully saturated rings. The molecule has 2 aliphatic rings. The topological polar surface area (TPSA) is 32.3 Å².